The van der Waals surface area contributed by atoms with Gasteiger partial charge in [-0.2, -0.15) is 0 Å². The van der Waals surface area contributed by atoms with Crippen molar-refractivity contribution < 1.29 is 19.0 Å². The molecule has 1 radical (unpaired) electrons. The molecule has 0 atom stereocenters. The van der Waals surface area contributed by atoms with E-state index in [1.54, 1.807) is 4.90 Å². The highest BCUT2D eigenvalue weighted by Gasteiger charge is 2.23. The fourth-order valence-electron chi connectivity index (χ4n) is 1.88. The van der Waals surface area contributed by atoms with Gasteiger partial charge >= 0.3 is 6.09 Å². The lowest BCUT2D eigenvalue weighted by Gasteiger charge is -2.23. The van der Waals surface area contributed by atoms with Crippen molar-refractivity contribution in [3.63, 3.8) is 0 Å². The molecule has 1 aliphatic heterocycles. The van der Waals surface area contributed by atoms with Crippen LogP contribution in [0, 0.1) is 5.82 Å². The van der Waals surface area contributed by atoms with Crippen LogP contribution >= 0.6 is 15.9 Å². The standard InChI is InChI=1S/C9H17NO2.C7H5BrFO/c1-9(2,3)12-8(11)10-6-4-5-7-10;8-7-2-1-6(9)3-5(7)4-10/h4-7H2,1-3H3;1-3H,4H2. The molecular weight excluding hydrogens is 353 g/mol. The van der Waals surface area contributed by atoms with Gasteiger partial charge in [0.15, 0.2) is 0 Å². The Morgan fingerprint density at radius 1 is 1.32 bits per heavy atom. The number of rotatable bonds is 1. The summed E-state index contributed by atoms with van der Waals surface area (Å²) in [4.78, 5) is 13.1. The van der Waals surface area contributed by atoms with Crippen molar-refractivity contribution in [2.24, 2.45) is 0 Å². The van der Waals surface area contributed by atoms with Crippen LogP contribution in [0.2, 0.25) is 0 Å². The van der Waals surface area contributed by atoms with Gasteiger partial charge in [-0.3, -0.25) is 0 Å². The molecule has 6 heteroatoms. The summed E-state index contributed by atoms with van der Waals surface area (Å²) in [7, 11) is 0. The molecule has 2 rings (SSSR count). The second kappa shape index (κ2) is 8.48. The Hall–Kier alpha value is -1.14. The smallest absolute Gasteiger partial charge is 0.410 e. The second-order valence-electron chi connectivity index (χ2n) is 6.05. The number of benzene rings is 1. The van der Waals surface area contributed by atoms with Crippen molar-refractivity contribution in [3.8, 4) is 0 Å². The average Bonchev–Trinajstić information content (AvgIpc) is 2.94. The molecule has 1 heterocycles. The molecule has 1 aliphatic rings. The Balaban J connectivity index is 0.000000224. The fourth-order valence-corrected chi connectivity index (χ4v) is 2.24. The molecule has 0 bridgehead atoms. The van der Waals surface area contributed by atoms with Crippen molar-refractivity contribution in [2.75, 3.05) is 13.1 Å². The van der Waals surface area contributed by atoms with E-state index in [1.807, 2.05) is 20.8 Å². The van der Waals surface area contributed by atoms with Crippen LogP contribution in [0.15, 0.2) is 22.7 Å². The summed E-state index contributed by atoms with van der Waals surface area (Å²) in [6.07, 6.45) is 2.05. The van der Waals surface area contributed by atoms with Gasteiger partial charge in [0.25, 0.3) is 0 Å². The van der Waals surface area contributed by atoms with Crippen molar-refractivity contribution in [2.45, 2.75) is 45.8 Å². The summed E-state index contributed by atoms with van der Waals surface area (Å²) in [6, 6.07) is 4.07. The van der Waals surface area contributed by atoms with Gasteiger partial charge in [-0.15, -0.1) is 0 Å². The average molecular weight is 375 g/mol. The summed E-state index contributed by atoms with van der Waals surface area (Å²) in [5, 5.41) is 10.3. The van der Waals surface area contributed by atoms with Gasteiger partial charge in [-0.1, -0.05) is 15.9 Å². The number of carbonyl (C=O) groups is 1. The van der Waals surface area contributed by atoms with Crippen LogP contribution < -0.4 is 0 Å². The summed E-state index contributed by atoms with van der Waals surface area (Å²) in [5.74, 6) is -0.367. The SMILES string of the molecule is CC(C)(C)OC(=O)N1CCCC1.[O]Cc1cc(F)ccc1Br. The third kappa shape index (κ3) is 6.75. The van der Waals surface area contributed by atoms with E-state index in [2.05, 4.69) is 15.9 Å². The van der Waals surface area contributed by atoms with E-state index < -0.39 is 6.61 Å². The maximum atomic E-state index is 12.4. The summed E-state index contributed by atoms with van der Waals surface area (Å²) < 4.78 is 18.3. The first-order valence-electron chi connectivity index (χ1n) is 7.23. The highest BCUT2D eigenvalue weighted by Crippen LogP contribution is 2.17. The zero-order valence-corrected chi connectivity index (χ0v) is 14.8. The van der Waals surface area contributed by atoms with Gasteiger partial charge < -0.3 is 9.64 Å². The molecule has 22 heavy (non-hydrogen) atoms. The fraction of sp³-hybridized carbons (Fsp3) is 0.562. The lowest BCUT2D eigenvalue weighted by atomic mass is 10.2. The molecule has 0 aliphatic carbocycles. The summed E-state index contributed by atoms with van der Waals surface area (Å²) in [5.41, 5.74) is 0.0969. The van der Waals surface area contributed by atoms with Gasteiger partial charge in [0, 0.05) is 17.6 Å². The number of hydrogen-bond donors (Lipinski definition) is 0. The van der Waals surface area contributed by atoms with Crippen molar-refractivity contribution in [1.29, 1.82) is 0 Å². The summed E-state index contributed by atoms with van der Waals surface area (Å²) in [6.45, 7) is 6.99. The quantitative estimate of drug-likeness (QED) is 0.724. The van der Waals surface area contributed by atoms with Gasteiger partial charge in [0.2, 0.25) is 0 Å². The van der Waals surface area contributed by atoms with Gasteiger partial charge in [-0.25, -0.2) is 14.3 Å². The lowest BCUT2D eigenvalue weighted by molar-refractivity contribution is 0.0295. The van der Waals surface area contributed by atoms with Crippen LogP contribution in [0.3, 0.4) is 0 Å². The second-order valence-corrected chi connectivity index (χ2v) is 6.91. The first-order valence-corrected chi connectivity index (χ1v) is 8.02. The molecule has 0 aromatic heterocycles. The van der Waals surface area contributed by atoms with Crippen LogP contribution in [-0.4, -0.2) is 29.7 Å². The number of halogens is 2. The largest absolute Gasteiger partial charge is 0.444 e. The molecule has 1 amide bonds. The minimum atomic E-state index is -0.391. The van der Waals surface area contributed by atoms with E-state index in [-0.39, 0.29) is 17.5 Å². The minimum absolute atomic E-state index is 0.167. The normalized spacial score (nSPS) is 14.4. The van der Waals surface area contributed by atoms with E-state index >= 15 is 0 Å². The number of amides is 1. The number of ether oxygens (including phenoxy) is 1. The molecule has 0 N–H and O–H groups in total. The molecule has 0 unspecified atom stereocenters. The van der Waals surface area contributed by atoms with Crippen LogP contribution in [0.25, 0.3) is 0 Å². The molecule has 0 saturated carbocycles. The maximum absolute atomic E-state index is 12.4. The highest BCUT2D eigenvalue weighted by molar-refractivity contribution is 9.10. The minimum Gasteiger partial charge on any atom is -0.444 e. The van der Waals surface area contributed by atoms with Crippen molar-refractivity contribution >= 4 is 22.0 Å². The number of carbonyl (C=O) groups excluding carboxylic acids is 1. The van der Waals surface area contributed by atoms with Gasteiger partial charge in [-0.05, 0) is 57.4 Å². The van der Waals surface area contributed by atoms with Crippen LogP contribution in [0.4, 0.5) is 9.18 Å². The Morgan fingerprint density at radius 3 is 2.36 bits per heavy atom. The van der Waals surface area contributed by atoms with Crippen LogP contribution in [0.1, 0.15) is 39.2 Å². The van der Waals surface area contributed by atoms with Crippen molar-refractivity contribution in [3.05, 3.63) is 34.1 Å². The molecule has 4 nitrogen and oxygen atoms in total. The lowest BCUT2D eigenvalue weighted by Crippen LogP contribution is -2.34. The molecule has 1 aromatic carbocycles. The van der Waals surface area contributed by atoms with Crippen LogP contribution in [0.5, 0.6) is 0 Å². The first-order chi connectivity index (χ1) is 10.2. The maximum Gasteiger partial charge on any atom is 0.410 e. The van der Waals surface area contributed by atoms with E-state index in [9.17, 15) is 14.3 Å². The van der Waals surface area contributed by atoms with Crippen molar-refractivity contribution in [1.82, 2.24) is 4.90 Å². The third-order valence-electron chi connectivity index (χ3n) is 2.92. The van der Waals surface area contributed by atoms with E-state index in [4.69, 9.17) is 4.74 Å². The zero-order valence-electron chi connectivity index (χ0n) is 13.2. The molecule has 123 valence electrons. The third-order valence-corrected chi connectivity index (χ3v) is 3.69. The topological polar surface area (TPSA) is 49.4 Å². The molecule has 1 saturated heterocycles. The number of hydrogen-bond acceptors (Lipinski definition) is 2. The van der Waals surface area contributed by atoms with Gasteiger partial charge in [0.05, 0.1) is 0 Å². The number of likely N-dealkylation sites (tertiary alicyclic amines) is 1. The zero-order chi connectivity index (χ0) is 16.8. The number of nitrogens with zero attached hydrogens (tertiary/aromatic N) is 1. The Morgan fingerprint density at radius 2 is 1.91 bits per heavy atom. The molecular formula is C16H22BrFNO3. The Labute approximate surface area is 139 Å². The Bertz CT molecular complexity index is 497. The highest BCUT2D eigenvalue weighted by atomic mass is 79.9. The molecule has 1 fully saturated rings. The predicted octanol–water partition coefficient (Wildman–Crippen LogP) is 4.54. The predicted molar refractivity (Wildman–Crippen MR) is 85.5 cm³/mol. The monoisotopic (exact) mass is 374 g/mol. The van der Waals surface area contributed by atoms with Gasteiger partial charge in [0.1, 0.15) is 18.0 Å². The first kappa shape index (κ1) is 18.9. The van der Waals surface area contributed by atoms with E-state index in [1.165, 1.54) is 18.2 Å². The molecule has 1 aromatic rings. The summed E-state index contributed by atoms with van der Waals surface area (Å²) >= 11 is 3.12. The van der Waals surface area contributed by atoms with Crippen LogP contribution in [-0.2, 0) is 16.5 Å². The Kier molecular flexibility index (Phi) is 7.29. The van der Waals surface area contributed by atoms with E-state index in [0.29, 0.717) is 10.0 Å². The van der Waals surface area contributed by atoms with E-state index in [0.717, 1.165) is 25.9 Å². The molecule has 0 spiro atoms.